The van der Waals surface area contributed by atoms with Crippen LogP contribution in [0.25, 0.3) is 12.2 Å². The number of benzene rings is 2. The summed E-state index contributed by atoms with van der Waals surface area (Å²) in [6.07, 6.45) is 6.32. The molecule has 2 aromatic carbocycles. The third-order valence-corrected chi connectivity index (χ3v) is 8.82. The zero-order valence-corrected chi connectivity index (χ0v) is 21.0. The first-order chi connectivity index (χ1) is 12.0. The van der Waals surface area contributed by atoms with E-state index in [0.29, 0.717) is 9.52 Å². The quantitative estimate of drug-likeness (QED) is 0.296. The molecule has 2 radical (unpaired) electrons. The van der Waals surface area contributed by atoms with Crippen molar-refractivity contribution in [1.82, 2.24) is 0 Å². The molecule has 2 aliphatic rings. The van der Waals surface area contributed by atoms with Crippen molar-refractivity contribution in [2.24, 2.45) is 0 Å². The first-order valence-corrected chi connectivity index (χ1v) is 10.6. The normalized spacial score (nSPS) is 25.8. The first kappa shape index (κ1) is 20.3. The Morgan fingerprint density at radius 3 is 1.50 bits per heavy atom. The Kier molecular flexibility index (Phi) is 5.90. The molecular formula is C22H20Cl2HfSi. The van der Waals surface area contributed by atoms with Crippen molar-refractivity contribution in [3.8, 4) is 0 Å². The minimum Gasteiger partial charge on any atom is -0.110 e. The van der Waals surface area contributed by atoms with Crippen LogP contribution in [0.3, 0.4) is 0 Å². The first-order valence-electron chi connectivity index (χ1n) is 8.81. The fraction of sp³-hybridized carbons (Fsp3) is 0.273. The van der Waals surface area contributed by atoms with E-state index >= 15 is 0 Å². The minimum absolute atomic E-state index is 0. The molecule has 0 aliphatic heterocycles. The maximum atomic E-state index is 7.15. The van der Waals surface area contributed by atoms with E-state index in [2.05, 4.69) is 74.5 Å². The van der Waals surface area contributed by atoms with Crippen LogP contribution >= 0.6 is 23.2 Å². The molecule has 0 amide bonds. The van der Waals surface area contributed by atoms with Gasteiger partial charge in [-0.3, -0.25) is 0 Å². The maximum absolute atomic E-state index is 7.15. The molecule has 0 N–H and O–H groups in total. The third-order valence-electron chi connectivity index (χ3n) is 5.47. The summed E-state index contributed by atoms with van der Waals surface area (Å²) in [5.74, 6) is 0. The minimum atomic E-state index is -0.407. The molecule has 0 saturated carbocycles. The molecule has 4 heteroatoms. The van der Waals surface area contributed by atoms with Crippen LogP contribution in [-0.2, 0) is 35.6 Å². The van der Waals surface area contributed by atoms with Crippen molar-refractivity contribution in [2.45, 2.75) is 36.4 Å². The molecule has 0 bridgehead atoms. The zero-order valence-electron chi connectivity index (χ0n) is 14.9. The molecule has 0 nitrogen and oxygen atoms in total. The summed E-state index contributed by atoms with van der Waals surface area (Å²) in [7, 11) is 0.507. The van der Waals surface area contributed by atoms with Gasteiger partial charge < -0.3 is 0 Å². The van der Waals surface area contributed by atoms with Crippen LogP contribution in [0.5, 0.6) is 0 Å². The Bertz CT molecular complexity index is 831. The van der Waals surface area contributed by atoms with Gasteiger partial charge in [0.2, 0.25) is 0 Å². The van der Waals surface area contributed by atoms with Crippen molar-refractivity contribution in [1.29, 1.82) is 0 Å². The van der Waals surface area contributed by atoms with E-state index in [1.165, 1.54) is 32.6 Å². The molecule has 130 valence electrons. The Labute approximate surface area is 187 Å². The van der Waals surface area contributed by atoms with E-state index in [1.807, 2.05) is 0 Å². The van der Waals surface area contributed by atoms with Gasteiger partial charge in [0.1, 0.15) is 9.52 Å². The molecule has 0 saturated heterocycles. The maximum Gasteiger partial charge on any atom is 0.115 e. The van der Waals surface area contributed by atoms with Crippen molar-refractivity contribution < 1.29 is 25.8 Å². The van der Waals surface area contributed by atoms with Crippen LogP contribution in [0, 0.1) is 0 Å². The van der Waals surface area contributed by atoms with Crippen LogP contribution in [0.2, 0.25) is 0 Å². The summed E-state index contributed by atoms with van der Waals surface area (Å²) in [5, 5.41) is 2.57. The molecular weight excluding hydrogens is 542 g/mol. The van der Waals surface area contributed by atoms with Gasteiger partial charge >= 0.3 is 0 Å². The van der Waals surface area contributed by atoms with Gasteiger partial charge in [-0.25, -0.2) is 0 Å². The second kappa shape index (κ2) is 7.54. The van der Waals surface area contributed by atoms with Gasteiger partial charge in [-0.1, -0.05) is 84.9 Å². The molecule has 2 unspecified atom stereocenters. The van der Waals surface area contributed by atoms with Gasteiger partial charge in [0.05, 0.1) is 9.75 Å². The predicted molar refractivity (Wildman–Crippen MR) is 110 cm³/mol. The number of alkyl halides is 2. The topological polar surface area (TPSA) is 0 Å². The zero-order chi connectivity index (χ0) is 17.7. The third kappa shape index (κ3) is 2.98. The molecule has 2 atom stereocenters. The number of allylic oxidation sites excluding steroid dienone is 2. The van der Waals surface area contributed by atoms with Gasteiger partial charge in [-0.2, -0.15) is 0 Å². The standard InChI is InChI=1S/C22H20Cl2Si.Hf/c1-3-21(23)17-11-7-5-9-15(17)13-19(21)25-20-14-16-10-6-8-12-18(16)22(20,24)4-2;/h5-14H,3-4H2,1-2H3;. The van der Waals surface area contributed by atoms with Crippen molar-refractivity contribution in [3.63, 3.8) is 0 Å². The molecule has 2 aromatic rings. The van der Waals surface area contributed by atoms with Gasteiger partial charge in [0.25, 0.3) is 0 Å². The van der Waals surface area contributed by atoms with Gasteiger partial charge in [-0.15, -0.1) is 23.2 Å². The van der Waals surface area contributed by atoms with E-state index < -0.39 is 9.75 Å². The molecule has 26 heavy (non-hydrogen) atoms. The smallest absolute Gasteiger partial charge is 0.110 e. The van der Waals surface area contributed by atoms with E-state index in [9.17, 15) is 0 Å². The van der Waals surface area contributed by atoms with Crippen LogP contribution in [-0.4, -0.2) is 9.52 Å². The SMILES string of the molecule is CCC1(Cl)C([Si]C2=Cc3ccccc3C2(Cl)CC)=Cc2ccccc21.[Hf]. The predicted octanol–water partition coefficient (Wildman–Crippen LogP) is 6.49. The summed E-state index contributed by atoms with van der Waals surface area (Å²) in [6, 6.07) is 16.9. The second-order valence-corrected chi connectivity index (χ2v) is 9.34. The van der Waals surface area contributed by atoms with Crippen LogP contribution in [0.15, 0.2) is 58.9 Å². The number of hydrogen-bond acceptors (Lipinski definition) is 0. The number of hydrogen-bond donors (Lipinski definition) is 0. The summed E-state index contributed by atoms with van der Waals surface area (Å²) in [6.45, 7) is 4.33. The van der Waals surface area contributed by atoms with Crippen molar-refractivity contribution in [3.05, 3.63) is 81.2 Å². The average molecular weight is 562 g/mol. The molecule has 2 aliphatic carbocycles. The van der Waals surface area contributed by atoms with Crippen LogP contribution in [0.1, 0.15) is 48.9 Å². The van der Waals surface area contributed by atoms with Gasteiger partial charge in [0.15, 0.2) is 0 Å². The Morgan fingerprint density at radius 2 is 1.12 bits per heavy atom. The average Bonchev–Trinajstić information content (AvgIpc) is 3.09. The molecule has 0 aromatic heterocycles. The second-order valence-electron chi connectivity index (χ2n) is 6.72. The van der Waals surface area contributed by atoms with Crippen molar-refractivity contribution >= 4 is 44.9 Å². The summed E-state index contributed by atoms with van der Waals surface area (Å²) >= 11 is 14.3. The van der Waals surface area contributed by atoms with Gasteiger partial charge in [-0.05, 0) is 35.1 Å². The molecule has 0 fully saturated rings. The summed E-state index contributed by atoms with van der Waals surface area (Å²) in [4.78, 5) is -0.813. The molecule has 0 heterocycles. The summed E-state index contributed by atoms with van der Waals surface area (Å²) in [5.41, 5.74) is 4.95. The monoisotopic (exact) mass is 562 g/mol. The number of halogens is 2. The molecule has 0 spiro atoms. The van der Waals surface area contributed by atoms with Crippen LogP contribution in [0.4, 0.5) is 0 Å². The van der Waals surface area contributed by atoms with E-state index in [1.54, 1.807) is 0 Å². The Hall–Kier alpha value is -0.413. The number of rotatable bonds is 4. The van der Waals surface area contributed by atoms with Crippen molar-refractivity contribution in [2.75, 3.05) is 0 Å². The van der Waals surface area contributed by atoms with Gasteiger partial charge in [0, 0.05) is 25.8 Å². The van der Waals surface area contributed by atoms with E-state index in [4.69, 9.17) is 23.2 Å². The fourth-order valence-corrected chi connectivity index (χ4v) is 6.48. The van der Waals surface area contributed by atoms with E-state index in [0.717, 1.165) is 12.8 Å². The Morgan fingerprint density at radius 1 is 0.731 bits per heavy atom. The molecule has 4 rings (SSSR count). The largest absolute Gasteiger partial charge is 0.115 e. The van der Waals surface area contributed by atoms with Crippen LogP contribution < -0.4 is 0 Å². The van der Waals surface area contributed by atoms with E-state index in [-0.39, 0.29) is 25.8 Å². The Balaban J connectivity index is 0.00000196. The number of fused-ring (bicyclic) bond motifs is 2. The fourth-order valence-electron chi connectivity index (χ4n) is 3.97. The summed E-state index contributed by atoms with van der Waals surface area (Å²) < 4.78 is 0.